The molecule has 2 heterocycles. The topological polar surface area (TPSA) is 80.6 Å². The van der Waals surface area contributed by atoms with Gasteiger partial charge in [-0.15, -0.1) is 0 Å². The zero-order valence-electron chi connectivity index (χ0n) is 9.01. The quantitative estimate of drug-likeness (QED) is 0.590. The fourth-order valence-electron chi connectivity index (χ4n) is 1.46. The Morgan fingerprint density at radius 2 is 2.25 bits per heavy atom. The number of amidine groups is 1. The molecule has 0 atom stereocenters. The van der Waals surface area contributed by atoms with Crippen molar-refractivity contribution in [2.75, 3.05) is 0 Å². The number of nitrogens with one attached hydrogen (secondary N) is 1. The van der Waals surface area contributed by atoms with Crippen molar-refractivity contribution in [3.8, 4) is 0 Å². The van der Waals surface area contributed by atoms with Crippen LogP contribution in [0.1, 0.15) is 17.0 Å². The van der Waals surface area contributed by atoms with Crippen LogP contribution in [0.2, 0.25) is 0 Å². The van der Waals surface area contributed by atoms with Crippen LogP contribution in [0.4, 0.5) is 0 Å². The predicted molar refractivity (Wildman–Crippen MR) is 61.3 cm³/mol. The molecular weight excluding hydrogens is 202 g/mol. The predicted octanol–water partition coefficient (Wildman–Crippen LogP) is 0.919. The number of nitrogens with two attached hydrogens (primary N) is 1. The van der Waals surface area contributed by atoms with Crippen LogP contribution in [0.25, 0.3) is 0 Å². The highest BCUT2D eigenvalue weighted by molar-refractivity contribution is 5.93. The number of nitrogen functional groups attached to an aromatic ring is 1. The Bertz CT molecular complexity index is 515. The lowest BCUT2D eigenvalue weighted by Crippen LogP contribution is -2.14. The molecule has 0 spiro atoms. The third-order valence-electron chi connectivity index (χ3n) is 2.36. The smallest absolute Gasteiger partial charge is 0.141 e. The lowest BCUT2D eigenvalue weighted by molar-refractivity contribution is 0.664. The number of hydrogen-bond donors (Lipinski definition) is 2. The molecule has 0 saturated carbocycles. The normalized spacial score (nSPS) is 10.3. The zero-order valence-corrected chi connectivity index (χ0v) is 9.01. The summed E-state index contributed by atoms with van der Waals surface area (Å²) in [6.07, 6.45) is 3.42. The standard InChI is InChI=1S/C11H13N5/c1-8-2-5-15-16(8)7-9-3-4-14-10(6-9)11(12)13/h2-6H,7H2,1H3,(H3,12,13). The minimum atomic E-state index is -0.0148. The van der Waals surface area contributed by atoms with Crippen molar-refractivity contribution in [3.05, 3.63) is 47.5 Å². The van der Waals surface area contributed by atoms with E-state index >= 15 is 0 Å². The van der Waals surface area contributed by atoms with E-state index in [4.69, 9.17) is 11.1 Å². The van der Waals surface area contributed by atoms with Crippen molar-refractivity contribution in [1.29, 1.82) is 5.41 Å². The third kappa shape index (κ3) is 2.08. The molecule has 3 N–H and O–H groups in total. The Hall–Kier alpha value is -2.17. The first-order valence-electron chi connectivity index (χ1n) is 4.94. The van der Waals surface area contributed by atoms with Crippen molar-refractivity contribution in [1.82, 2.24) is 14.8 Å². The third-order valence-corrected chi connectivity index (χ3v) is 2.36. The Morgan fingerprint density at radius 1 is 1.44 bits per heavy atom. The van der Waals surface area contributed by atoms with Crippen molar-refractivity contribution >= 4 is 5.84 Å². The number of pyridine rings is 1. The molecule has 16 heavy (non-hydrogen) atoms. The summed E-state index contributed by atoms with van der Waals surface area (Å²) in [5.74, 6) is -0.0148. The SMILES string of the molecule is Cc1ccnn1Cc1ccnc(C(=N)N)c1. The summed E-state index contributed by atoms with van der Waals surface area (Å²) in [7, 11) is 0. The Kier molecular flexibility index (Phi) is 2.68. The molecule has 0 unspecified atom stereocenters. The summed E-state index contributed by atoms with van der Waals surface area (Å²) in [5.41, 5.74) is 8.02. The van der Waals surface area contributed by atoms with Crippen LogP contribution >= 0.6 is 0 Å². The van der Waals surface area contributed by atoms with Gasteiger partial charge in [0.25, 0.3) is 0 Å². The monoisotopic (exact) mass is 215 g/mol. The summed E-state index contributed by atoms with van der Waals surface area (Å²) < 4.78 is 1.89. The molecule has 2 aromatic rings. The van der Waals surface area contributed by atoms with Gasteiger partial charge in [0.05, 0.1) is 6.54 Å². The maximum atomic E-state index is 7.32. The highest BCUT2D eigenvalue weighted by Crippen LogP contribution is 2.05. The van der Waals surface area contributed by atoms with E-state index in [9.17, 15) is 0 Å². The number of nitrogens with zero attached hydrogens (tertiary/aromatic N) is 3. The second kappa shape index (κ2) is 4.14. The first-order valence-corrected chi connectivity index (χ1v) is 4.94. The average Bonchev–Trinajstić information content (AvgIpc) is 2.65. The Morgan fingerprint density at radius 3 is 2.88 bits per heavy atom. The molecule has 0 aliphatic carbocycles. The van der Waals surface area contributed by atoms with Crippen LogP contribution in [0.3, 0.4) is 0 Å². The highest BCUT2D eigenvalue weighted by Gasteiger charge is 2.02. The van der Waals surface area contributed by atoms with Crippen molar-refractivity contribution in [3.63, 3.8) is 0 Å². The van der Waals surface area contributed by atoms with Crippen molar-refractivity contribution < 1.29 is 0 Å². The van der Waals surface area contributed by atoms with Crippen LogP contribution in [0.15, 0.2) is 30.6 Å². The molecule has 0 radical (unpaired) electrons. The molecule has 2 rings (SSSR count). The van der Waals surface area contributed by atoms with Gasteiger partial charge in [-0.25, -0.2) is 0 Å². The highest BCUT2D eigenvalue weighted by atomic mass is 15.3. The van der Waals surface area contributed by atoms with Gasteiger partial charge < -0.3 is 5.73 Å². The molecule has 0 aromatic carbocycles. The summed E-state index contributed by atoms with van der Waals surface area (Å²) >= 11 is 0. The Balaban J connectivity index is 2.25. The van der Waals surface area contributed by atoms with Crippen LogP contribution in [0.5, 0.6) is 0 Å². The summed E-state index contributed by atoms with van der Waals surface area (Å²) in [6.45, 7) is 2.67. The molecular formula is C11H13N5. The minimum absolute atomic E-state index is 0.0148. The number of rotatable bonds is 3. The molecule has 5 heteroatoms. The van der Waals surface area contributed by atoms with Gasteiger partial charge >= 0.3 is 0 Å². The second-order valence-electron chi connectivity index (χ2n) is 3.59. The van der Waals surface area contributed by atoms with E-state index in [0.29, 0.717) is 12.2 Å². The molecule has 2 aromatic heterocycles. The number of hydrogen-bond acceptors (Lipinski definition) is 3. The maximum Gasteiger partial charge on any atom is 0.141 e. The molecule has 0 saturated heterocycles. The van der Waals surface area contributed by atoms with E-state index in [1.54, 1.807) is 12.4 Å². The lowest BCUT2D eigenvalue weighted by atomic mass is 10.2. The molecule has 82 valence electrons. The average molecular weight is 215 g/mol. The van der Waals surface area contributed by atoms with Gasteiger partial charge in [-0.3, -0.25) is 15.1 Å². The largest absolute Gasteiger partial charge is 0.382 e. The van der Waals surface area contributed by atoms with E-state index in [1.165, 1.54) is 0 Å². The minimum Gasteiger partial charge on any atom is -0.382 e. The van der Waals surface area contributed by atoms with E-state index in [-0.39, 0.29) is 5.84 Å². The van der Waals surface area contributed by atoms with Gasteiger partial charge in [0, 0.05) is 18.1 Å². The zero-order chi connectivity index (χ0) is 11.5. The molecule has 0 aliphatic heterocycles. The van der Waals surface area contributed by atoms with Crippen LogP contribution in [0, 0.1) is 12.3 Å². The molecule has 0 fully saturated rings. The van der Waals surface area contributed by atoms with Crippen LogP contribution in [-0.2, 0) is 6.54 Å². The number of aryl methyl sites for hydroxylation is 1. The molecule has 0 bridgehead atoms. The van der Waals surface area contributed by atoms with E-state index in [1.807, 2.05) is 29.8 Å². The second-order valence-corrected chi connectivity index (χ2v) is 3.59. The fourth-order valence-corrected chi connectivity index (χ4v) is 1.46. The Labute approximate surface area is 93.4 Å². The van der Waals surface area contributed by atoms with Crippen molar-refractivity contribution in [2.24, 2.45) is 5.73 Å². The van der Waals surface area contributed by atoms with Gasteiger partial charge in [0.1, 0.15) is 11.5 Å². The first kappa shape index (κ1) is 10.4. The molecule has 5 nitrogen and oxygen atoms in total. The fraction of sp³-hybridized carbons (Fsp3) is 0.182. The van der Waals surface area contributed by atoms with Crippen LogP contribution < -0.4 is 5.73 Å². The molecule has 0 aliphatic rings. The summed E-state index contributed by atoms with van der Waals surface area (Å²) in [4.78, 5) is 4.01. The van der Waals surface area contributed by atoms with E-state index in [0.717, 1.165) is 11.3 Å². The number of aromatic nitrogens is 3. The maximum absolute atomic E-state index is 7.32. The van der Waals surface area contributed by atoms with Crippen LogP contribution in [-0.4, -0.2) is 20.6 Å². The van der Waals surface area contributed by atoms with E-state index < -0.39 is 0 Å². The van der Waals surface area contributed by atoms with Gasteiger partial charge in [0.2, 0.25) is 0 Å². The van der Waals surface area contributed by atoms with Gasteiger partial charge in [0.15, 0.2) is 0 Å². The lowest BCUT2D eigenvalue weighted by Gasteiger charge is -2.05. The summed E-state index contributed by atoms with van der Waals surface area (Å²) in [5, 5.41) is 11.5. The van der Waals surface area contributed by atoms with E-state index in [2.05, 4.69) is 10.1 Å². The molecule has 0 amide bonds. The van der Waals surface area contributed by atoms with Gasteiger partial charge in [-0.1, -0.05) is 0 Å². The van der Waals surface area contributed by atoms with Gasteiger partial charge in [-0.2, -0.15) is 5.10 Å². The summed E-state index contributed by atoms with van der Waals surface area (Å²) in [6, 6.07) is 5.66. The van der Waals surface area contributed by atoms with Crippen molar-refractivity contribution in [2.45, 2.75) is 13.5 Å². The van der Waals surface area contributed by atoms with Gasteiger partial charge in [-0.05, 0) is 30.7 Å². The first-order chi connectivity index (χ1) is 7.66.